The molecule has 2 fully saturated rings. The van der Waals surface area contributed by atoms with Crippen molar-refractivity contribution in [1.82, 2.24) is 25.5 Å². The van der Waals surface area contributed by atoms with Crippen molar-refractivity contribution in [2.24, 2.45) is 13.0 Å². The van der Waals surface area contributed by atoms with Crippen LogP contribution >= 0.6 is 0 Å². The van der Waals surface area contributed by atoms with Crippen LogP contribution in [0.5, 0.6) is 0 Å². The molecule has 1 aliphatic heterocycles. The minimum atomic E-state index is -0.109. The molecule has 3 atom stereocenters. The minimum Gasteiger partial charge on any atom is -0.303 e. The van der Waals surface area contributed by atoms with Gasteiger partial charge in [0, 0.05) is 6.04 Å². The molecule has 1 aromatic rings. The molecule has 0 spiro atoms. The monoisotopic (exact) mass is 250 g/mol. The molecule has 7 heteroatoms. The van der Waals surface area contributed by atoms with E-state index in [1.807, 2.05) is 0 Å². The second-order valence-corrected chi connectivity index (χ2v) is 5.20. The van der Waals surface area contributed by atoms with E-state index < -0.39 is 0 Å². The van der Waals surface area contributed by atoms with Crippen LogP contribution in [-0.2, 0) is 11.8 Å². The largest absolute Gasteiger partial charge is 0.303 e. The summed E-state index contributed by atoms with van der Waals surface area (Å²) in [6.07, 6.45) is 5.93. The summed E-state index contributed by atoms with van der Waals surface area (Å²) in [7, 11) is 1.67. The highest BCUT2D eigenvalue weighted by atomic mass is 16.2. The van der Waals surface area contributed by atoms with Crippen molar-refractivity contribution in [1.29, 1.82) is 0 Å². The van der Waals surface area contributed by atoms with Crippen molar-refractivity contribution < 1.29 is 4.79 Å². The fourth-order valence-electron chi connectivity index (χ4n) is 3.05. The highest BCUT2D eigenvalue weighted by molar-refractivity contribution is 5.93. The van der Waals surface area contributed by atoms with E-state index in [0.29, 0.717) is 12.0 Å². The molecule has 0 radical (unpaired) electrons. The zero-order valence-corrected chi connectivity index (χ0v) is 10.5. The van der Waals surface area contributed by atoms with Crippen LogP contribution in [0.25, 0.3) is 0 Å². The first-order chi connectivity index (χ1) is 8.72. The van der Waals surface area contributed by atoms with E-state index in [2.05, 4.69) is 26.0 Å². The topological polar surface area (TPSA) is 84.7 Å². The van der Waals surface area contributed by atoms with Crippen molar-refractivity contribution >= 4 is 11.9 Å². The molecule has 0 aromatic carbocycles. The van der Waals surface area contributed by atoms with Gasteiger partial charge in [0.05, 0.1) is 13.1 Å². The number of carbonyl (C=O) groups is 1. The number of fused-ring (bicyclic) bond motifs is 1. The zero-order chi connectivity index (χ0) is 12.5. The number of tetrazole rings is 1. The zero-order valence-electron chi connectivity index (χ0n) is 10.5. The smallest absolute Gasteiger partial charge is 0.270 e. The second kappa shape index (κ2) is 4.64. The Morgan fingerprint density at radius 2 is 2.28 bits per heavy atom. The lowest BCUT2D eigenvalue weighted by Gasteiger charge is -2.24. The van der Waals surface area contributed by atoms with E-state index in [1.165, 1.54) is 30.5 Å². The normalized spacial score (nSPS) is 31.1. The van der Waals surface area contributed by atoms with Crippen molar-refractivity contribution in [2.75, 3.05) is 5.32 Å². The lowest BCUT2D eigenvalue weighted by Crippen LogP contribution is -2.40. The predicted octanol–water partition coefficient (Wildman–Crippen LogP) is 0.0693. The Labute approximate surface area is 105 Å². The third-order valence-electron chi connectivity index (χ3n) is 3.92. The molecule has 2 aliphatic rings. The molecule has 1 aliphatic carbocycles. The molecular weight excluding hydrogens is 232 g/mol. The van der Waals surface area contributed by atoms with Crippen molar-refractivity contribution in [3.8, 4) is 0 Å². The summed E-state index contributed by atoms with van der Waals surface area (Å²) in [4.78, 5) is 13.4. The van der Waals surface area contributed by atoms with Gasteiger partial charge in [0.15, 0.2) is 0 Å². The number of nitrogens with one attached hydrogen (secondary N) is 2. The Bertz CT molecular complexity index is 430. The molecule has 2 N–H and O–H groups in total. The van der Waals surface area contributed by atoms with Gasteiger partial charge < -0.3 is 5.32 Å². The summed E-state index contributed by atoms with van der Waals surface area (Å²) in [5.41, 5.74) is 0. The number of nitrogens with zero attached hydrogens (tertiary/aromatic N) is 4. The average molecular weight is 250 g/mol. The van der Waals surface area contributed by atoms with Crippen LogP contribution in [0.1, 0.15) is 32.1 Å². The van der Waals surface area contributed by atoms with Crippen LogP contribution in [0.2, 0.25) is 0 Å². The lowest BCUT2D eigenvalue weighted by atomic mass is 9.85. The first kappa shape index (κ1) is 11.6. The van der Waals surface area contributed by atoms with E-state index in [9.17, 15) is 4.79 Å². The highest BCUT2D eigenvalue weighted by Crippen LogP contribution is 2.33. The van der Waals surface area contributed by atoms with E-state index in [1.54, 1.807) is 7.05 Å². The van der Waals surface area contributed by atoms with Gasteiger partial charge >= 0.3 is 0 Å². The Balaban J connectivity index is 1.60. The van der Waals surface area contributed by atoms with E-state index >= 15 is 0 Å². The summed E-state index contributed by atoms with van der Waals surface area (Å²) in [5, 5.41) is 17.5. The van der Waals surface area contributed by atoms with Crippen LogP contribution in [-0.4, -0.2) is 38.2 Å². The number of carbonyl (C=O) groups excluding carboxylic acids is 1. The Morgan fingerprint density at radius 1 is 1.44 bits per heavy atom. The standard InChI is InChI=1S/C11H18N6O/c1-17-15-11(14-16-17)13-10(18)9-6-7-4-2-3-5-8(7)12-9/h7-9,12H,2-6H2,1H3,(H,13,15,18). The number of rotatable bonds is 2. The van der Waals surface area contributed by atoms with Gasteiger partial charge in [-0.2, -0.15) is 4.80 Å². The van der Waals surface area contributed by atoms with Crippen LogP contribution in [0.15, 0.2) is 0 Å². The van der Waals surface area contributed by atoms with Gasteiger partial charge in [0.25, 0.3) is 5.95 Å². The number of aryl methyl sites for hydroxylation is 1. The summed E-state index contributed by atoms with van der Waals surface area (Å²) < 4.78 is 0. The quantitative estimate of drug-likeness (QED) is 0.776. The molecule has 18 heavy (non-hydrogen) atoms. The van der Waals surface area contributed by atoms with E-state index in [0.717, 1.165) is 6.42 Å². The molecule has 98 valence electrons. The number of anilines is 1. The van der Waals surface area contributed by atoms with Crippen LogP contribution in [0.4, 0.5) is 5.95 Å². The predicted molar refractivity (Wildman–Crippen MR) is 64.7 cm³/mol. The second-order valence-electron chi connectivity index (χ2n) is 5.20. The molecule has 1 amide bonds. The summed E-state index contributed by atoms with van der Waals surface area (Å²) in [6.45, 7) is 0. The molecule has 7 nitrogen and oxygen atoms in total. The number of amides is 1. The van der Waals surface area contributed by atoms with Crippen LogP contribution in [0.3, 0.4) is 0 Å². The highest BCUT2D eigenvalue weighted by Gasteiger charge is 2.38. The number of hydrogen-bond acceptors (Lipinski definition) is 5. The first-order valence-corrected chi connectivity index (χ1v) is 6.53. The molecule has 0 bridgehead atoms. The van der Waals surface area contributed by atoms with Crippen molar-refractivity contribution in [3.05, 3.63) is 0 Å². The van der Waals surface area contributed by atoms with Crippen molar-refractivity contribution in [3.63, 3.8) is 0 Å². The Hall–Kier alpha value is -1.50. The summed E-state index contributed by atoms with van der Waals surface area (Å²) in [5.74, 6) is 0.890. The third-order valence-corrected chi connectivity index (χ3v) is 3.92. The Kier molecular flexibility index (Phi) is 2.99. The fourth-order valence-corrected chi connectivity index (χ4v) is 3.05. The SMILES string of the molecule is Cn1nnc(NC(=O)C2CC3CCCCC3N2)n1. The van der Waals surface area contributed by atoms with Crippen molar-refractivity contribution in [2.45, 2.75) is 44.2 Å². The molecule has 2 heterocycles. The molecular formula is C11H18N6O. The molecule has 3 rings (SSSR count). The average Bonchev–Trinajstić information content (AvgIpc) is 2.95. The van der Waals surface area contributed by atoms with Crippen LogP contribution in [0, 0.1) is 5.92 Å². The maximum absolute atomic E-state index is 12.1. The fraction of sp³-hybridized carbons (Fsp3) is 0.818. The lowest BCUT2D eigenvalue weighted by molar-refractivity contribution is -0.117. The van der Waals surface area contributed by atoms with Gasteiger partial charge in [-0.1, -0.05) is 17.9 Å². The van der Waals surface area contributed by atoms with E-state index in [4.69, 9.17) is 0 Å². The molecule has 1 saturated heterocycles. The third kappa shape index (κ3) is 2.22. The maximum atomic E-state index is 12.1. The van der Waals surface area contributed by atoms with Gasteiger partial charge in [0.1, 0.15) is 0 Å². The van der Waals surface area contributed by atoms with Gasteiger partial charge in [-0.3, -0.25) is 10.1 Å². The van der Waals surface area contributed by atoms with Gasteiger partial charge in [-0.25, -0.2) is 0 Å². The first-order valence-electron chi connectivity index (χ1n) is 6.53. The number of hydrogen-bond donors (Lipinski definition) is 2. The molecule has 3 unspecified atom stereocenters. The van der Waals surface area contributed by atoms with Gasteiger partial charge in [0.2, 0.25) is 5.91 Å². The van der Waals surface area contributed by atoms with E-state index in [-0.39, 0.29) is 17.9 Å². The van der Waals surface area contributed by atoms with Crippen LogP contribution < -0.4 is 10.6 Å². The summed E-state index contributed by atoms with van der Waals surface area (Å²) in [6, 6.07) is 0.409. The number of aromatic nitrogens is 4. The maximum Gasteiger partial charge on any atom is 0.270 e. The Morgan fingerprint density at radius 3 is 3.00 bits per heavy atom. The summed E-state index contributed by atoms with van der Waals surface area (Å²) >= 11 is 0. The molecule has 1 aromatic heterocycles. The minimum absolute atomic E-state index is 0.0441. The molecule has 1 saturated carbocycles. The van der Waals surface area contributed by atoms with Gasteiger partial charge in [-0.15, -0.1) is 5.10 Å². The van der Waals surface area contributed by atoms with Gasteiger partial charge in [-0.05, 0) is 30.4 Å².